The zero-order chi connectivity index (χ0) is 16.4. The molecule has 0 saturated heterocycles. The highest BCUT2D eigenvalue weighted by Crippen LogP contribution is 2.27. The van der Waals surface area contributed by atoms with Crippen LogP contribution >= 0.6 is 0 Å². The first-order valence-corrected chi connectivity index (χ1v) is 8.29. The van der Waals surface area contributed by atoms with Gasteiger partial charge in [-0.3, -0.25) is 4.79 Å². The van der Waals surface area contributed by atoms with Crippen LogP contribution in [0.3, 0.4) is 0 Å². The first kappa shape index (κ1) is 15.5. The number of aromatic nitrogens is 1. The molecule has 0 aliphatic heterocycles. The SMILES string of the molecule is CCc1ccccc1Cc1cc2cc(C=O)ccc2n1C(C)C. The third-order valence-corrected chi connectivity index (χ3v) is 4.47. The number of aldehydes is 1. The van der Waals surface area contributed by atoms with Crippen molar-refractivity contribution in [1.29, 1.82) is 0 Å². The van der Waals surface area contributed by atoms with E-state index in [1.165, 1.54) is 22.3 Å². The molecule has 0 fully saturated rings. The maximum atomic E-state index is 11.0. The minimum absolute atomic E-state index is 0.387. The van der Waals surface area contributed by atoms with E-state index in [-0.39, 0.29) is 0 Å². The second-order valence-electron chi connectivity index (χ2n) is 6.33. The van der Waals surface area contributed by atoms with Crippen LogP contribution in [0.5, 0.6) is 0 Å². The predicted molar refractivity (Wildman–Crippen MR) is 96.3 cm³/mol. The molecule has 1 aromatic heterocycles. The van der Waals surface area contributed by atoms with Crippen LogP contribution in [0.15, 0.2) is 48.5 Å². The zero-order valence-corrected chi connectivity index (χ0v) is 14.0. The van der Waals surface area contributed by atoms with E-state index >= 15 is 0 Å². The van der Waals surface area contributed by atoms with Gasteiger partial charge in [0.05, 0.1) is 0 Å². The van der Waals surface area contributed by atoms with Crippen LogP contribution in [-0.4, -0.2) is 10.9 Å². The molecule has 2 heteroatoms. The Balaban J connectivity index is 2.12. The van der Waals surface area contributed by atoms with E-state index in [0.29, 0.717) is 6.04 Å². The van der Waals surface area contributed by atoms with Crippen LogP contribution in [-0.2, 0) is 12.8 Å². The molecule has 0 saturated carbocycles. The molecule has 0 N–H and O–H groups in total. The molecule has 23 heavy (non-hydrogen) atoms. The Kier molecular flexibility index (Phi) is 4.33. The number of hydrogen-bond donors (Lipinski definition) is 0. The van der Waals surface area contributed by atoms with Crippen molar-refractivity contribution in [2.45, 2.75) is 39.7 Å². The van der Waals surface area contributed by atoms with Crippen LogP contribution in [0.2, 0.25) is 0 Å². The van der Waals surface area contributed by atoms with E-state index in [1.54, 1.807) is 0 Å². The standard InChI is InChI=1S/C21H23NO/c1-4-17-7-5-6-8-18(17)12-20-13-19-11-16(14-23)9-10-21(19)22(20)15(2)3/h5-11,13-15H,4,12H2,1-3H3. The molecule has 0 aliphatic carbocycles. The average Bonchev–Trinajstić information content (AvgIpc) is 2.92. The van der Waals surface area contributed by atoms with Crippen molar-refractivity contribution in [3.05, 3.63) is 70.9 Å². The minimum atomic E-state index is 0.387. The fourth-order valence-electron chi connectivity index (χ4n) is 3.40. The summed E-state index contributed by atoms with van der Waals surface area (Å²) >= 11 is 0. The summed E-state index contributed by atoms with van der Waals surface area (Å²) in [6, 6.07) is 17.2. The Labute approximate surface area is 137 Å². The molecule has 3 aromatic rings. The molecule has 3 rings (SSSR count). The number of nitrogens with zero attached hydrogens (tertiary/aromatic N) is 1. The number of carbonyl (C=O) groups is 1. The topological polar surface area (TPSA) is 22.0 Å². The number of hydrogen-bond acceptors (Lipinski definition) is 1. The van der Waals surface area contributed by atoms with Crippen molar-refractivity contribution in [3.63, 3.8) is 0 Å². The van der Waals surface area contributed by atoms with E-state index < -0.39 is 0 Å². The van der Waals surface area contributed by atoms with E-state index in [0.717, 1.165) is 30.1 Å². The molecule has 118 valence electrons. The molecule has 0 aliphatic rings. The fourth-order valence-corrected chi connectivity index (χ4v) is 3.40. The van der Waals surface area contributed by atoms with Gasteiger partial charge >= 0.3 is 0 Å². The lowest BCUT2D eigenvalue weighted by molar-refractivity contribution is 0.112. The summed E-state index contributed by atoms with van der Waals surface area (Å²) in [5.74, 6) is 0. The second kappa shape index (κ2) is 6.41. The maximum Gasteiger partial charge on any atom is 0.150 e. The molecule has 0 bridgehead atoms. The largest absolute Gasteiger partial charge is 0.342 e. The third kappa shape index (κ3) is 2.94. The van der Waals surface area contributed by atoms with E-state index in [2.05, 4.69) is 61.7 Å². The van der Waals surface area contributed by atoms with Gasteiger partial charge in [-0.15, -0.1) is 0 Å². The normalized spacial score (nSPS) is 11.3. The van der Waals surface area contributed by atoms with Gasteiger partial charge in [0.25, 0.3) is 0 Å². The van der Waals surface area contributed by atoms with Gasteiger partial charge in [0.2, 0.25) is 0 Å². The molecule has 2 aromatic carbocycles. The summed E-state index contributed by atoms with van der Waals surface area (Å²) < 4.78 is 2.39. The van der Waals surface area contributed by atoms with E-state index in [4.69, 9.17) is 0 Å². The summed E-state index contributed by atoms with van der Waals surface area (Å²) in [4.78, 5) is 11.0. The summed E-state index contributed by atoms with van der Waals surface area (Å²) in [6.07, 6.45) is 2.89. The summed E-state index contributed by atoms with van der Waals surface area (Å²) in [7, 11) is 0. The van der Waals surface area contributed by atoms with Crippen LogP contribution in [0.25, 0.3) is 10.9 Å². The number of carbonyl (C=O) groups excluding carboxylic acids is 1. The minimum Gasteiger partial charge on any atom is -0.342 e. The van der Waals surface area contributed by atoms with Gasteiger partial charge in [0, 0.05) is 34.6 Å². The van der Waals surface area contributed by atoms with Crippen LogP contribution in [0.1, 0.15) is 54.0 Å². The monoisotopic (exact) mass is 305 g/mol. The van der Waals surface area contributed by atoms with Gasteiger partial charge in [-0.05, 0) is 55.7 Å². The Morgan fingerprint density at radius 1 is 1.04 bits per heavy atom. The summed E-state index contributed by atoms with van der Waals surface area (Å²) in [5, 5.41) is 1.15. The zero-order valence-electron chi connectivity index (χ0n) is 14.0. The van der Waals surface area contributed by atoms with Gasteiger partial charge in [-0.1, -0.05) is 31.2 Å². The second-order valence-corrected chi connectivity index (χ2v) is 6.33. The average molecular weight is 305 g/mol. The lowest BCUT2D eigenvalue weighted by atomic mass is 10.0. The van der Waals surface area contributed by atoms with Gasteiger partial charge in [-0.2, -0.15) is 0 Å². The Bertz CT molecular complexity index is 842. The lowest BCUT2D eigenvalue weighted by Crippen LogP contribution is -2.07. The van der Waals surface area contributed by atoms with Crippen LogP contribution < -0.4 is 0 Å². The maximum absolute atomic E-state index is 11.0. The molecule has 1 heterocycles. The third-order valence-electron chi connectivity index (χ3n) is 4.47. The van der Waals surface area contributed by atoms with Gasteiger partial charge in [0.1, 0.15) is 6.29 Å². The highest BCUT2D eigenvalue weighted by atomic mass is 16.1. The molecule has 2 nitrogen and oxygen atoms in total. The fraction of sp³-hybridized carbons (Fsp3) is 0.286. The Hall–Kier alpha value is -2.35. The van der Waals surface area contributed by atoms with Gasteiger partial charge < -0.3 is 4.57 Å². The highest BCUT2D eigenvalue weighted by Gasteiger charge is 2.13. The molecule has 0 unspecified atom stereocenters. The van der Waals surface area contributed by atoms with Crippen LogP contribution in [0.4, 0.5) is 0 Å². The van der Waals surface area contributed by atoms with Crippen molar-refractivity contribution in [2.75, 3.05) is 0 Å². The van der Waals surface area contributed by atoms with Crippen LogP contribution in [0, 0.1) is 0 Å². The first-order chi connectivity index (χ1) is 11.1. The molecule has 0 spiro atoms. The first-order valence-electron chi connectivity index (χ1n) is 8.29. The van der Waals surface area contributed by atoms with Gasteiger partial charge in [0.15, 0.2) is 0 Å². The van der Waals surface area contributed by atoms with Crippen molar-refractivity contribution >= 4 is 17.2 Å². The molecule has 0 amide bonds. The van der Waals surface area contributed by atoms with E-state index in [1.807, 2.05) is 12.1 Å². The van der Waals surface area contributed by atoms with E-state index in [9.17, 15) is 4.79 Å². The smallest absolute Gasteiger partial charge is 0.150 e. The molecule has 0 radical (unpaired) electrons. The molecular weight excluding hydrogens is 282 g/mol. The summed E-state index contributed by atoms with van der Waals surface area (Å²) in [6.45, 7) is 6.62. The van der Waals surface area contributed by atoms with Crippen molar-refractivity contribution in [3.8, 4) is 0 Å². The lowest BCUT2D eigenvalue weighted by Gasteiger charge is -2.16. The van der Waals surface area contributed by atoms with Crippen molar-refractivity contribution in [2.24, 2.45) is 0 Å². The van der Waals surface area contributed by atoms with Crippen molar-refractivity contribution < 1.29 is 4.79 Å². The summed E-state index contributed by atoms with van der Waals surface area (Å²) in [5.41, 5.74) is 6.03. The quantitative estimate of drug-likeness (QED) is 0.595. The number of aryl methyl sites for hydroxylation is 1. The number of benzene rings is 2. The van der Waals surface area contributed by atoms with Crippen molar-refractivity contribution in [1.82, 2.24) is 4.57 Å². The number of fused-ring (bicyclic) bond motifs is 1. The molecule has 0 atom stereocenters. The molecular formula is C21H23NO. The highest BCUT2D eigenvalue weighted by molar-refractivity contribution is 5.88. The predicted octanol–water partition coefficient (Wildman–Crippen LogP) is 5.19. The Morgan fingerprint density at radius 2 is 1.78 bits per heavy atom. The number of rotatable bonds is 5. The Morgan fingerprint density at radius 3 is 2.43 bits per heavy atom. The van der Waals surface area contributed by atoms with Gasteiger partial charge in [-0.25, -0.2) is 0 Å².